The number of carbonyl (C=O) groups is 1. The fraction of sp³-hybridized carbons (Fsp3) is 0.308. The van der Waals surface area contributed by atoms with Gasteiger partial charge in [-0.05, 0) is 30.0 Å². The van der Waals surface area contributed by atoms with Crippen LogP contribution in [0.4, 0.5) is 4.39 Å². The van der Waals surface area contributed by atoms with Gasteiger partial charge >= 0.3 is 0 Å². The Balaban J connectivity index is 1.97. The lowest BCUT2D eigenvalue weighted by Gasteiger charge is -2.02. The van der Waals surface area contributed by atoms with E-state index in [4.69, 9.17) is 4.74 Å². The molecule has 2 nitrogen and oxygen atoms in total. The highest BCUT2D eigenvalue weighted by Crippen LogP contribution is 2.29. The summed E-state index contributed by atoms with van der Waals surface area (Å²) in [5.74, 6) is -0.153. The SMILES string of the molecule is O=C(c1cc2ccc(F)cc2s1)C1CCOC1. The molecule has 4 heteroatoms. The minimum absolute atomic E-state index is 0.0205. The Morgan fingerprint density at radius 1 is 1.41 bits per heavy atom. The summed E-state index contributed by atoms with van der Waals surface area (Å²) in [6, 6.07) is 6.45. The Hall–Kier alpha value is -1.26. The van der Waals surface area contributed by atoms with Crippen molar-refractivity contribution in [3.05, 3.63) is 35.0 Å². The van der Waals surface area contributed by atoms with Crippen molar-refractivity contribution in [2.75, 3.05) is 13.2 Å². The Morgan fingerprint density at radius 2 is 2.29 bits per heavy atom. The highest BCUT2D eigenvalue weighted by atomic mass is 32.1. The molecule has 1 fully saturated rings. The summed E-state index contributed by atoms with van der Waals surface area (Å²) >= 11 is 1.36. The van der Waals surface area contributed by atoms with Gasteiger partial charge in [0, 0.05) is 17.2 Å². The first-order valence-electron chi connectivity index (χ1n) is 5.55. The van der Waals surface area contributed by atoms with E-state index in [1.807, 2.05) is 6.07 Å². The van der Waals surface area contributed by atoms with Crippen LogP contribution in [-0.2, 0) is 4.74 Å². The van der Waals surface area contributed by atoms with Gasteiger partial charge < -0.3 is 4.74 Å². The lowest BCUT2D eigenvalue weighted by atomic mass is 10.0. The standard InChI is InChI=1S/C13H11FO2S/c14-10-2-1-8-5-12(17-11(8)6-10)13(15)9-3-4-16-7-9/h1-2,5-6,9H,3-4,7H2. The summed E-state index contributed by atoms with van der Waals surface area (Å²) in [6.45, 7) is 1.18. The number of carbonyl (C=O) groups excluding carboxylic acids is 1. The van der Waals surface area contributed by atoms with E-state index in [2.05, 4.69) is 0 Å². The summed E-state index contributed by atoms with van der Waals surface area (Å²) in [5.41, 5.74) is 0. The smallest absolute Gasteiger partial charge is 0.178 e. The molecule has 1 atom stereocenters. The second-order valence-electron chi connectivity index (χ2n) is 4.22. The zero-order chi connectivity index (χ0) is 11.8. The summed E-state index contributed by atoms with van der Waals surface area (Å²) in [6.07, 6.45) is 0.793. The van der Waals surface area contributed by atoms with Gasteiger partial charge in [-0.3, -0.25) is 4.79 Å². The minimum atomic E-state index is -0.262. The molecular weight excluding hydrogens is 239 g/mol. The van der Waals surface area contributed by atoms with Crippen LogP contribution in [0.5, 0.6) is 0 Å². The molecule has 0 bridgehead atoms. The summed E-state index contributed by atoms with van der Waals surface area (Å²) < 4.78 is 19.1. The molecule has 0 spiro atoms. The number of rotatable bonds is 2. The van der Waals surface area contributed by atoms with Crippen molar-refractivity contribution in [2.45, 2.75) is 6.42 Å². The number of halogens is 1. The van der Waals surface area contributed by atoms with Gasteiger partial charge in [-0.1, -0.05) is 6.07 Å². The predicted octanol–water partition coefficient (Wildman–Crippen LogP) is 3.26. The van der Waals surface area contributed by atoms with Crippen molar-refractivity contribution in [2.24, 2.45) is 5.92 Å². The molecule has 1 aromatic heterocycles. The molecular formula is C13H11FO2S. The molecule has 1 aliphatic heterocycles. The predicted molar refractivity (Wildman–Crippen MR) is 65.0 cm³/mol. The van der Waals surface area contributed by atoms with E-state index in [9.17, 15) is 9.18 Å². The number of hydrogen-bond acceptors (Lipinski definition) is 3. The average Bonchev–Trinajstić information content (AvgIpc) is 2.96. The normalized spacial score (nSPS) is 19.9. The van der Waals surface area contributed by atoms with Crippen LogP contribution >= 0.6 is 11.3 Å². The lowest BCUT2D eigenvalue weighted by molar-refractivity contribution is 0.0904. The maximum atomic E-state index is 13.0. The molecule has 0 aliphatic carbocycles. The fourth-order valence-electron chi connectivity index (χ4n) is 2.07. The number of ether oxygens (including phenoxy) is 1. The van der Waals surface area contributed by atoms with Crippen molar-refractivity contribution < 1.29 is 13.9 Å². The van der Waals surface area contributed by atoms with Crippen molar-refractivity contribution in [3.63, 3.8) is 0 Å². The van der Waals surface area contributed by atoms with E-state index in [1.165, 1.54) is 23.5 Å². The maximum absolute atomic E-state index is 13.0. The van der Waals surface area contributed by atoms with Gasteiger partial charge in [0.2, 0.25) is 0 Å². The van der Waals surface area contributed by atoms with E-state index in [0.29, 0.717) is 18.1 Å². The van der Waals surface area contributed by atoms with Crippen molar-refractivity contribution >= 4 is 27.2 Å². The molecule has 0 radical (unpaired) electrons. The topological polar surface area (TPSA) is 26.3 Å². The van der Waals surface area contributed by atoms with Crippen LogP contribution in [0.3, 0.4) is 0 Å². The van der Waals surface area contributed by atoms with Crippen LogP contribution in [-0.4, -0.2) is 19.0 Å². The second-order valence-corrected chi connectivity index (χ2v) is 5.30. The van der Waals surface area contributed by atoms with Gasteiger partial charge in [-0.25, -0.2) is 4.39 Å². The number of ketones is 1. The van der Waals surface area contributed by atoms with Gasteiger partial charge in [-0.15, -0.1) is 11.3 Å². The maximum Gasteiger partial charge on any atom is 0.178 e. The monoisotopic (exact) mass is 250 g/mol. The number of benzene rings is 1. The van der Waals surface area contributed by atoms with Crippen LogP contribution in [0, 0.1) is 11.7 Å². The highest BCUT2D eigenvalue weighted by molar-refractivity contribution is 7.20. The Labute approximate surface area is 102 Å². The van der Waals surface area contributed by atoms with E-state index < -0.39 is 0 Å². The van der Waals surface area contributed by atoms with Crippen LogP contribution in [0.15, 0.2) is 24.3 Å². The number of Topliss-reactive ketones (excluding diaryl/α,β-unsaturated/α-hetero) is 1. The zero-order valence-corrected chi connectivity index (χ0v) is 9.93. The zero-order valence-electron chi connectivity index (χ0n) is 9.11. The van der Waals surface area contributed by atoms with E-state index in [1.54, 1.807) is 6.07 Å². The first-order valence-corrected chi connectivity index (χ1v) is 6.37. The Bertz CT molecular complexity index is 570. The molecule has 1 saturated heterocycles. The Kier molecular flexibility index (Phi) is 2.68. The quantitative estimate of drug-likeness (QED) is 0.765. The molecule has 0 N–H and O–H groups in total. The van der Waals surface area contributed by atoms with Crippen LogP contribution in [0.1, 0.15) is 16.1 Å². The lowest BCUT2D eigenvalue weighted by Crippen LogP contribution is -2.12. The highest BCUT2D eigenvalue weighted by Gasteiger charge is 2.25. The van der Waals surface area contributed by atoms with Gasteiger partial charge in [0.15, 0.2) is 5.78 Å². The third-order valence-corrected chi connectivity index (χ3v) is 4.14. The van der Waals surface area contributed by atoms with Gasteiger partial charge in [0.05, 0.1) is 11.5 Å². The summed E-state index contributed by atoms with van der Waals surface area (Å²) in [7, 11) is 0. The van der Waals surface area contributed by atoms with E-state index in [-0.39, 0.29) is 17.5 Å². The molecule has 2 aromatic rings. The molecule has 1 aliphatic rings. The van der Waals surface area contributed by atoms with Crippen LogP contribution in [0.2, 0.25) is 0 Å². The summed E-state index contributed by atoms with van der Waals surface area (Å²) in [4.78, 5) is 12.8. The number of fused-ring (bicyclic) bond motifs is 1. The number of hydrogen-bond donors (Lipinski definition) is 0. The summed E-state index contributed by atoms with van der Waals surface area (Å²) in [5, 5.41) is 0.929. The van der Waals surface area contributed by atoms with Crippen LogP contribution in [0.25, 0.3) is 10.1 Å². The number of thiophene rings is 1. The van der Waals surface area contributed by atoms with Crippen molar-refractivity contribution in [1.29, 1.82) is 0 Å². The average molecular weight is 250 g/mol. The molecule has 17 heavy (non-hydrogen) atoms. The molecule has 0 saturated carbocycles. The Morgan fingerprint density at radius 3 is 3.06 bits per heavy atom. The van der Waals surface area contributed by atoms with Gasteiger partial charge in [0.25, 0.3) is 0 Å². The third-order valence-electron chi connectivity index (χ3n) is 3.03. The largest absolute Gasteiger partial charge is 0.381 e. The van der Waals surface area contributed by atoms with Gasteiger partial charge in [0.1, 0.15) is 5.82 Å². The van der Waals surface area contributed by atoms with E-state index >= 15 is 0 Å². The minimum Gasteiger partial charge on any atom is -0.381 e. The fourth-order valence-corrected chi connectivity index (χ4v) is 3.18. The molecule has 3 rings (SSSR count). The molecule has 88 valence electrons. The molecule has 2 heterocycles. The first-order chi connectivity index (χ1) is 8.24. The molecule has 1 aromatic carbocycles. The second kappa shape index (κ2) is 4.20. The first kappa shape index (κ1) is 10.9. The van der Waals surface area contributed by atoms with E-state index in [0.717, 1.165) is 16.5 Å². The van der Waals surface area contributed by atoms with Crippen molar-refractivity contribution in [1.82, 2.24) is 0 Å². The third kappa shape index (κ3) is 1.98. The van der Waals surface area contributed by atoms with Crippen molar-refractivity contribution in [3.8, 4) is 0 Å². The van der Waals surface area contributed by atoms with Gasteiger partial charge in [-0.2, -0.15) is 0 Å². The van der Waals surface area contributed by atoms with Crippen LogP contribution < -0.4 is 0 Å². The molecule has 0 amide bonds. The molecule has 1 unspecified atom stereocenters.